The first kappa shape index (κ1) is 31.9. The van der Waals surface area contributed by atoms with Gasteiger partial charge in [0.15, 0.2) is 11.6 Å². The maximum atomic E-state index is 14.6. The molecule has 0 aliphatic heterocycles. The molecule has 0 aromatic heterocycles. The Morgan fingerprint density at radius 3 is 2.35 bits per heavy atom. The Hall–Kier alpha value is -2.50. The second-order valence-electron chi connectivity index (χ2n) is 16.3. The topological polar surface area (TPSA) is 120 Å². The zero-order valence-corrected chi connectivity index (χ0v) is 27.6. The monoisotopic (exact) mass is 593 g/mol. The summed E-state index contributed by atoms with van der Waals surface area (Å²) in [4.78, 5) is 42.7. The summed E-state index contributed by atoms with van der Waals surface area (Å²) in [6, 6.07) is 1.97. The van der Waals surface area contributed by atoms with Crippen molar-refractivity contribution in [3.63, 3.8) is 0 Å². The zero-order chi connectivity index (χ0) is 32.0. The molecule has 5 aliphatic rings. The molecule has 0 aromatic rings. The van der Waals surface area contributed by atoms with Gasteiger partial charge in [-0.3, -0.25) is 9.59 Å². The van der Waals surface area contributed by atoms with Crippen LogP contribution in [0.15, 0.2) is 23.3 Å². The summed E-state index contributed by atoms with van der Waals surface area (Å²) in [7, 11) is 3.36. The number of nitrogens with zero attached hydrogens (tertiary/aromatic N) is 2. The van der Waals surface area contributed by atoms with Gasteiger partial charge in [-0.25, -0.2) is 4.79 Å². The number of allylic oxidation sites excluding steroid dienone is 3. The maximum absolute atomic E-state index is 14.6. The molecule has 0 heterocycles. The molecule has 8 nitrogen and oxygen atoms in total. The van der Waals surface area contributed by atoms with Crippen LogP contribution in [0.2, 0.25) is 0 Å². The van der Waals surface area contributed by atoms with Crippen LogP contribution in [0.25, 0.3) is 0 Å². The highest BCUT2D eigenvalue weighted by Crippen LogP contribution is 2.75. The second-order valence-corrected chi connectivity index (χ2v) is 16.3. The molecule has 8 heteroatoms. The number of Topliss-reactive ketones (excluding diaryl/α,β-unsaturated/α-hetero) is 1. The SMILES string of the molecule is COCCN(C)C(=O)NC1(C)CCC2(C)CCC3(C)C4(C)CCC5C(C)(C)C(=O)C(C#N)=CC5(C)C4=CC(=O)C3(O)C2C1. The summed E-state index contributed by atoms with van der Waals surface area (Å²) >= 11 is 0. The van der Waals surface area contributed by atoms with Crippen molar-refractivity contribution in [2.75, 3.05) is 27.3 Å². The summed E-state index contributed by atoms with van der Waals surface area (Å²) in [6.07, 6.45) is 8.72. The molecule has 3 fully saturated rings. The lowest BCUT2D eigenvalue weighted by Gasteiger charge is -2.71. The Kier molecular flexibility index (Phi) is 7.23. The molecule has 0 saturated heterocycles. The number of urea groups is 1. The predicted octanol–water partition coefficient (Wildman–Crippen LogP) is 5.36. The smallest absolute Gasteiger partial charge is 0.317 e. The standard InChI is InChI=1S/C35H51N3O5/c1-29(2)23-10-11-33(6)24(32(23,5)19-22(21-36)27(29)40)18-26(39)35(42)25-20-31(4,37-28(41)38(8)16-17-43-9)14-12-30(25,3)13-15-34(33,35)7/h18-19,23,25,42H,10-17,20H2,1-9H3,(H,37,41). The van der Waals surface area contributed by atoms with Gasteiger partial charge in [0, 0.05) is 48.4 Å². The average molecular weight is 594 g/mol. The molecule has 0 bridgehead atoms. The molecule has 0 radical (unpaired) electrons. The van der Waals surface area contributed by atoms with Crippen LogP contribution in [0.1, 0.15) is 93.4 Å². The fourth-order valence-corrected chi connectivity index (χ4v) is 10.6. The molecule has 43 heavy (non-hydrogen) atoms. The fraction of sp³-hybridized carbons (Fsp3) is 0.771. The van der Waals surface area contributed by atoms with E-state index in [1.165, 1.54) is 0 Å². The normalized spacial score (nSPS) is 44.9. The molecule has 5 rings (SSSR count). The lowest BCUT2D eigenvalue weighted by molar-refractivity contribution is -0.240. The van der Waals surface area contributed by atoms with Crippen LogP contribution in [-0.2, 0) is 14.3 Å². The van der Waals surface area contributed by atoms with Crippen molar-refractivity contribution in [1.29, 1.82) is 5.26 Å². The first-order chi connectivity index (χ1) is 19.8. The van der Waals surface area contributed by atoms with Gasteiger partial charge >= 0.3 is 6.03 Å². The molecule has 236 valence electrons. The average Bonchev–Trinajstić information content (AvgIpc) is 2.94. The van der Waals surface area contributed by atoms with Crippen molar-refractivity contribution in [3.8, 4) is 6.07 Å². The third kappa shape index (κ3) is 4.09. The molecule has 8 unspecified atom stereocenters. The second kappa shape index (κ2) is 9.75. The van der Waals surface area contributed by atoms with E-state index < -0.39 is 32.8 Å². The van der Waals surface area contributed by atoms with E-state index in [0.29, 0.717) is 26.0 Å². The number of nitrogens with one attached hydrogen (secondary N) is 1. The van der Waals surface area contributed by atoms with Crippen LogP contribution < -0.4 is 5.32 Å². The van der Waals surface area contributed by atoms with E-state index in [0.717, 1.165) is 37.7 Å². The van der Waals surface area contributed by atoms with Crippen LogP contribution in [0, 0.1) is 50.2 Å². The third-order valence-corrected chi connectivity index (χ3v) is 13.6. The van der Waals surface area contributed by atoms with Crippen molar-refractivity contribution in [3.05, 3.63) is 23.3 Å². The molecule has 0 spiro atoms. The Bertz CT molecular complexity index is 1360. The van der Waals surface area contributed by atoms with Gasteiger partial charge in [-0.2, -0.15) is 5.26 Å². The Morgan fingerprint density at radius 2 is 1.72 bits per heavy atom. The highest BCUT2D eigenvalue weighted by molar-refractivity contribution is 6.05. The molecule has 3 saturated carbocycles. The van der Waals surface area contributed by atoms with Crippen molar-refractivity contribution in [2.24, 2.45) is 38.9 Å². The van der Waals surface area contributed by atoms with Crippen LogP contribution in [0.3, 0.4) is 0 Å². The van der Waals surface area contributed by atoms with Crippen LogP contribution in [-0.4, -0.2) is 66.1 Å². The van der Waals surface area contributed by atoms with Crippen molar-refractivity contribution in [1.82, 2.24) is 10.2 Å². The van der Waals surface area contributed by atoms with Gasteiger partial charge in [-0.05, 0) is 80.3 Å². The minimum Gasteiger partial charge on any atom is -0.383 e. The predicted molar refractivity (Wildman–Crippen MR) is 164 cm³/mol. The van der Waals surface area contributed by atoms with Gasteiger partial charge in [0.1, 0.15) is 11.7 Å². The number of amides is 2. The number of ether oxygens (including phenoxy) is 1. The number of likely N-dealkylation sites (N-methyl/N-ethyl adjacent to an activating group) is 1. The number of carbonyl (C=O) groups is 3. The van der Waals surface area contributed by atoms with E-state index in [9.17, 15) is 24.8 Å². The summed E-state index contributed by atoms with van der Waals surface area (Å²) in [5.41, 5.74) is -3.99. The number of carbonyl (C=O) groups excluding carboxylic acids is 3. The molecule has 5 aliphatic carbocycles. The van der Waals surface area contributed by atoms with E-state index in [1.807, 2.05) is 26.8 Å². The minimum absolute atomic E-state index is 0.0522. The van der Waals surface area contributed by atoms with Gasteiger partial charge in [-0.15, -0.1) is 0 Å². The molecule has 2 N–H and O–H groups in total. The highest BCUT2D eigenvalue weighted by atomic mass is 16.5. The Morgan fingerprint density at radius 1 is 1.07 bits per heavy atom. The summed E-state index contributed by atoms with van der Waals surface area (Å²) in [5.74, 6) is -0.793. The van der Waals surface area contributed by atoms with Gasteiger partial charge in [-0.1, -0.05) is 47.6 Å². The number of hydrogen-bond donors (Lipinski definition) is 2. The van der Waals surface area contributed by atoms with Crippen molar-refractivity contribution < 1.29 is 24.2 Å². The molecule has 2 amide bonds. The summed E-state index contributed by atoms with van der Waals surface area (Å²) < 4.78 is 5.15. The molecular weight excluding hydrogens is 542 g/mol. The number of aliphatic hydroxyl groups is 1. The highest BCUT2D eigenvalue weighted by Gasteiger charge is 2.75. The van der Waals surface area contributed by atoms with Crippen LogP contribution in [0.5, 0.6) is 0 Å². The fourth-order valence-electron chi connectivity index (χ4n) is 10.6. The first-order valence-electron chi connectivity index (χ1n) is 16.0. The van der Waals surface area contributed by atoms with E-state index in [4.69, 9.17) is 4.74 Å². The minimum atomic E-state index is -1.61. The quantitative estimate of drug-likeness (QED) is 0.453. The van der Waals surface area contributed by atoms with E-state index >= 15 is 0 Å². The number of nitriles is 1. The van der Waals surface area contributed by atoms with Crippen molar-refractivity contribution in [2.45, 2.75) is 105 Å². The number of ketones is 2. The van der Waals surface area contributed by atoms with Crippen molar-refractivity contribution >= 4 is 17.6 Å². The molecular formula is C35H51N3O5. The van der Waals surface area contributed by atoms with Gasteiger partial charge in [0.25, 0.3) is 0 Å². The number of methoxy groups -OCH3 is 1. The van der Waals surface area contributed by atoms with Crippen LogP contribution in [0.4, 0.5) is 4.79 Å². The van der Waals surface area contributed by atoms with E-state index in [-0.39, 0.29) is 40.4 Å². The number of fused-ring (bicyclic) bond motifs is 7. The summed E-state index contributed by atoms with van der Waals surface area (Å²) in [5, 5.41) is 26.2. The van der Waals surface area contributed by atoms with Crippen LogP contribution >= 0.6 is 0 Å². The zero-order valence-electron chi connectivity index (χ0n) is 27.6. The number of rotatable bonds is 4. The lowest BCUT2D eigenvalue weighted by Crippen LogP contribution is -2.74. The molecule has 0 aromatic carbocycles. The Balaban J connectivity index is 1.59. The van der Waals surface area contributed by atoms with E-state index in [1.54, 1.807) is 25.1 Å². The maximum Gasteiger partial charge on any atom is 0.317 e. The number of hydrogen-bond acceptors (Lipinski definition) is 6. The molecule has 8 atom stereocenters. The third-order valence-electron chi connectivity index (χ3n) is 13.6. The summed E-state index contributed by atoms with van der Waals surface area (Å²) in [6.45, 7) is 15.4. The van der Waals surface area contributed by atoms with Gasteiger partial charge in [0.05, 0.1) is 12.2 Å². The van der Waals surface area contributed by atoms with Gasteiger partial charge in [0.2, 0.25) is 0 Å². The first-order valence-corrected chi connectivity index (χ1v) is 16.0. The largest absolute Gasteiger partial charge is 0.383 e. The lowest BCUT2D eigenvalue weighted by atomic mass is 9.33. The van der Waals surface area contributed by atoms with Gasteiger partial charge < -0.3 is 20.1 Å². The Labute approximate surface area is 257 Å². The van der Waals surface area contributed by atoms with E-state index in [2.05, 4.69) is 39.1 Å².